The number of nitrogens with one attached hydrogen (secondary N) is 1. The molecule has 0 saturated carbocycles. The number of methoxy groups -OCH3 is 1. The summed E-state index contributed by atoms with van der Waals surface area (Å²) in [4.78, 5) is 18.3. The first kappa shape index (κ1) is 18.2. The number of benzene rings is 2. The van der Waals surface area contributed by atoms with Gasteiger partial charge >= 0.3 is 0 Å². The molecule has 0 aliphatic carbocycles. The molecule has 2 aromatic carbocycles. The molecule has 7 heteroatoms. The topological polar surface area (TPSA) is 56.1 Å². The van der Waals surface area contributed by atoms with Crippen molar-refractivity contribution in [3.05, 3.63) is 76.3 Å². The van der Waals surface area contributed by atoms with Gasteiger partial charge in [-0.3, -0.25) is 9.36 Å². The van der Waals surface area contributed by atoms with Gasteiger partial charge in [0.2, 0.25) is 5.95 Å². The molecule has 5 nitrogen and oxygen atoms in total. The van der Waals surface area contributed by atoms with E-state index in [2.05, 4.69) is 10.3 Å². The van der Waals surface area contributed by atoms with Gasteiger partial charge in [0.1, 0.15) is 16.3 Å². The van der Waals surface area contributed by atoms with Crippen LogP contribution in [0.3, 0.4) is 0 Å². The molecule has 0 spiro atoms. The van der Waals surface area contributed by atoms with E-state index in [1.54, 1.807) is 32.4 Å². The van der Waals surface area contributed by atoms with Crippen molar-refractivity contribution in [2.45, 2.75) is 6.54 Å². The van der Waals surface area contributed by atoms with Crippen molar-refractivity contribution in [3.63, 3.8) is 0 Å². The lowest BCUT2D eigenvalue weighted by atomic mass is 10.2. The normalized spacial score (nSPS) is 11.0. The number of ether oxygens (including phenoxy) is 1. The number of rotatable bonds is 5. The van der Waals surface area contributed by atoms with Crippen molar-refractivity contribution < 1.29 is 9.13 Å². The molecular weight excluding hydrogens is 377 g/mol. The smallest absolute Gasteiger partial charge is 0.272 e. The third kappa shape index (κ3) is 3.36. The zero-order valence-electron chi connectivity index (χ0n) is 15.4. The summed E-state index contributed by atoms with van der Waals surface area (Å²) < 4.78 is 21.2. The lowest BCUT2D eigenvalue weighted by Gasteiger charge is -2.10. The maximum absolute atomic E-state index is 13.8. The van der Waals surface area contributed by atoms with Crippen LogP contribution in [0, 0.1) is 5.82 Å². The Bertz CT molecular complexity index is 1220. The van der Waals surface area contributed by atoms with Gasteiger partial charge in [0.25, 0.3) is 5.56 Å². The van der Waals surface area contributed by atoms with Crippen LogP contribution in [0.1, 0.15) is 5.56 Å². The van der Waals surface area contributed by atoms with E-state index in [0.717, 1.165) is 16.2 Å². The number of aromatic nitrogens is 2. The summed E-state index contributed by atoms with van der Waals surface area (Å²) >= 11 is 1.40. The number of thiophene rings is 1. The fourth-order valence-electron chi connectivity index (χ4n) is 2.95. The van der Waals surface area contributed by atoms with E-state index in [-0.39, 0.29) is 17.9 Å². The number of fused-ring (bicyclic) bond motifs is 1. The number of hydrogen-bond donors (Lipinski definition) is 1. The predicted molar refractivity (Wildman–Crippen MR) is 111 cm³/mol. The monoisotopic (exact) mass is 395 g/mol. The second-order valence-corrected chi connectivity index (χ2v) is 7.35. The SMILES string of the molecule is COc1cccc(-c2cc3nc(NCc4ccccc4F)n(C)c(=O)c3s2)c1. The summed E-state index contributed by atoms with van der Waals surface area (Å²) in [6, 6.07) is 16.1. The standard InChI is InChI=1S/C21H18FN3O2S/c1-25-20(26)19-17(11-18(28-19)13-7-5-8-15(10-13)27-2)24-21(25)23-12-14-6-3-4-9-16(14)22/h3-11H,12H2,1-2H3,(H,23,24). The molecule has 0 aliphatic rings. The van der Waals surface area contributed by atoms with Crippen LogP contribution in [0.2, 0.25) is 0 Å². The van der Waals surface area contributed by atoms with Crippen LogP contribution in [0.4, 0.5) is 10.3 Å². The fourth-order valence-corrected chi connectivity index (χ4v) is 4.02. The molecule has 4 rings (SSSR count). The van der Waals surface area contributed by atoms with E-state index in [1.165, 1.54) is 22.0 Å². The Balaban J connectivity index is 1.71. The highest BCUT2D eigenvalue weighted by Crippen LogP contribution is 2.33. The summed E-state index contributed by atoms with van der Waals surface area (Å²) in [6.07, 6.45) is 0. The summed E-state index contributed by atoms with van der Waals surface area (Å²) in [5, 5.41) is 3.07. The van der Waals surface area contributed by atoms with Crippen molar-refractivity contribution in [1.82, 2.24) is 9.55 Å². The molecule has 142 valence electrons. The van der Waals surface area contributed by atoms with E-state index >= 15 is 0 Å². The Morgan fingerprint density at radius 1 is 1.18 bits per heavy atom. The van der Waals surface area contributed by atoms with E-state index < -0.39 is 0 Å². The Hall–Kier alpha value is -3.19. The molecular formula is C21H18FN3O2S. The number of anilines is 1. The van der Waals surface area contributed by atoms with E-state index in [1.807, 2.05) is 30.3 Å². The minimum absolute atomic E-state index is 0.139. The Morgan fingerprint density at radius 2 is 2.00 bits per heavy atom. The van der Waals surface area contributed by atoms with Crippen LogP contribution >= 0.6 is 11.3 Å². The van der Waals surface area contributed by atoms with Gasteiger partial charge in [0.15, 0.2) is 0 Å². The van der Waals surface area contributed by atoms with Crippen LogP contribution in [0.5, 0.6) is 5.75 Å². The minimum atomic E-state index is -0.295. The van der Waals surface area contributed by atoms with Crippen LogP contribution in [0.15, 0.2) is 59.4 Å². The van der Waals surface area contributed by atoms with Gasteiger partial charge in [-0.1, -0.05) is 30.3 Å². The molecule has 0 unspecified atom stereocenters. The molecule has 0 amide bonds. The predicted octanol–water partition coefficient (Wildman–Crippen LogP) is 4.42. The Kier molecular flexibility index (Phi) is 4.83. The average Bonchev–Trinajstić information content (AvgIpc) is 3.15. The van der Waals surface area contributed by atoms with E-state index in [0.29, 0.717) is 21.7 Å². The fraction of sp³-hybridized carbons (Fsp3) is 0.143. The summed E-state index contributed by atoms with van der Waals surface area (Å²) in [6.45, 7) is 0.241. The van der Waals surface area contributed by atoms with Gasteiger partial charge in [0, 0.05) is 24.0 Å². The zero-order valence-corrected chi connectivity index (χ0v) is 16.2. The highest BCUT2D eigenvalue weighted by atomic mass is 32.1. The van der Waals surface area contributed by atoms with E-state index in [9.17, 15) is 9.18 Å². The molecule has 1 N–H and O–H groups in total. The zero-order chi connectivity index (χ0) is 19.7. The highest BCUT2D eigenvalue weighted by Gasteiger charge is 2.14. The Morgan fingerprint density at radius 3 is 2.79 bits per heavy atom. The lowest BCUT2D eigenvalue weighted by Crippen LogP contribution is -2.21. The van der Waals surface area contributed by atoms with Crippen LogP contribution in [-0.2, 0) is 13.6 Å². The van der Waals surface area contributed by atoms with Crippen molar-refractivity contribution in [3.8, 4) is 16.2 Å². The molecule has 0 radical (unpaired) electrons. The minimum Gasteiger partial charge on any atom is -0.497 e. The molecule has 4 aromatic rings. The quantitative estimate of drug-likeness (QED) is 0.543. The van der Waals surface area contributed by atoms with Crippen LogP contribution in [0.25, 0.3) is 20.7 Å². The van der Waals surface area contributed by atoms with Crippen molar-refractivity contribution >= 4 is 27.5 Å². The molecule has 2 heterocycles. The molecule has 0 saturated heterocycles. The first-order valence-electron chi connectivity index (χ1n) is 8.69. The number of halogens is 1. The maximum atomic E-state index is 13.8. The number of hydrogen-bond acceptors (Lipinski definition) is 5. The van der Waals surface area contributed by atoms with Gasteiger partial charge in [-0.15, -0.1) is 11.3 Å². The van der Waals surface area contributed by atoms with Gasteiger partial charge in [0.05, 0.1) is 12.6 Å². The van der Waals surface area contributed by atoms with Crippen molar-refractivity contribution in [1.29, 1.82) is 0 Å². The van der Waals surface area contributed by atoms with Crippen LogP contribution in [-0.4, -0.2) is 16.7 Å². The van der Waals surface area contributed by atoms with Gasteiger partial charge in [-0.25, -0.2) is 9.37 Å². The van der Waals surface area contributed by atoms with Gasteiger partial charge < -0.3 is 10.1 Å². The first-order chi connectivity index (χ1) is 13.6. The molecule has 0 bridgehead atoms. The molecule has 28 heavy (non-hydrogen) atoms. The average molecular weight is 395 g/mol. The van der Waals surface area contributed by atoms with Gasteiger partial charge in [-0.05, 0) is 29.8 Å². The lowest BCUT2D eigenvalue weighted by molar-refractivity contribution is 0.415. The van der Waals surface area contributed by atoms with E-state index in [4.69, 9.17) is 4.74 Å². The number of nitrogens with zero attached hydrogens (tertiary/aromatic N) is 2. The van der Waals surface area contributed by atoms with Crippen molar-refractivity contribution in [2.75, 3.05) is 12.4 Å². The molecule has 0 fully saturated rings. The highest BCUT2D eigenvalue weighted by molar-refractivity contribution is 7.22. The third-order valence-electron chi connectivity index (χ3n) is 4.50. The van der Waals surface area contributed by atoms with Crippen LogP contribution < -0.4 is 15.6 Å². The first-order valence-corrected chi connectivity index (χ1v) is 9.51. The summed E-state index contributed by atoms with van der Waals surface area (Å²) in [5.74, 6) is 0.857. The summed E-state index contributed by atoms with van der Waals surface area (Å²) in [7, 11) is 3.28. The largest absolute Gasteiger partial charge is 0.497 e. The Labute approximate surface area is 165 Å². The van der Waals surface area contributed by atoms with Gasteiger partial charge in [-0.2, -0.15) is 0 Å². The second kappa shape index (κ2) is 7.44. The molecule has 0 atom stereocenters. The maximum Gasteiger partial charge on any atom is 0.272 e. The second-order valence-electron chi connectivity index (χ2n) is 6.30. The van der Waals surface area contributed by atoms with Crippen molar-refractivity contribution in [2.24, 2.45) is 7.05 Å². The summed E-state index contributed by atoms with van der Waals surface area (Å²) in [5.41, 5.74) is 1.95. The molecule has 2 aromatic heterocycles. The molecule has 0 aliphatic heterocycles. The third-order valence-corrected chi connectivity index (χ3v) is 5.67.